The van der Waals surface area contributed by atoms with Crippen molar-refractivity contribution in [1.82, 2.24) is 14.9 Å². The quantitative estimate of drug-likeness (QED) is 0.375. The van der Waals surface area contributed by atoms with Gasteiger partial charge in [-0.2, -0.15) is 5.10 Å². The molecule has 0 saturated carbocycles. The molecule has 4 rings (SSSR count). The number of nitrogens with one attached hydrogen (secondary N) is 1. The van der Waals surface area contributed by atoms with Crippen molar-refractivity contribution >= 4 is 34.9 Å². The van der Waals surface area contributed by atoms with Crippen molar-refractivity contribution in [3.8, 4) is 5.75 Å². The maximum atomic E-state index is 12.8. The summed E-state index contributed by atoms with van der Waals surface area (Å²) in [6.07, 6.45) is 1.73. The molecule has 0 fully saturated rings. The van der Waals surface area contributed by atoms with Gasteiger partial charge in [0.1, 0.15) is 18.1 Å². The summed E-state index contributed by atoms with van der Waals surface area (Å²) in [6, 6.07) is 14.6. The highest BCUT2D eigenvalue weighted by atomic mass is 35.5. The molecule has 32 heavy (non-hydrogen) atoms. The van der Waals surface area contributed by atoms with E-state index in [1.807, 2.05) is 31.2 Å². The topological polar surface area (TPSA) is 82.2 Å². The van der Waals surface area contributed by atoms with Crippen LogP contribution in [0.15, 0.2) is 59.3 Å². The second kappa shape index (κ2) is 9.46. The van der Waals surface area contributed by atoms with Crippen LogP contribution in [0.1, 0.15) is 32.9 Å². The van der Waals surface area contributed by atoms with Gasteiger partial charge >= 0.3 is 0 Å². The Morgan fingerprint density at radius 1 is 1.06 bits per heavy atom. The van der Waals surface area contributed by atoms with E-state index in [1.54, 1.807) is 42.1 Å². The van der Waals surface area contributed by atoms with Crippen molar-refractivity contribution in [2.24, 2.45) is 0 Å². The van der Waals surface area contributed by atoms with Crippen molar-refractivity contribution in [1.29, 1.82) is 0 Å². The third-order valence-corrected chi connectivity index (χ3v) is 5.64. The Morgan fingerprint density at radius 2 is 1.81 bits per heavy atom. The van der Waals surface area contributed by atoms with Crippen LogP contribution in [0.3, 0.4) is 0 Å². The van der Waals surface area contributed by atoms with Crippen molar-refractivity contribution in [3.63, 3.8) is 0 Å². The number of amides is 1. The summed E-state index contributed by atoms with van der Waals surface area (Å²) in [5, 5.41) is 12.1. The second-order valence-corrected chi connectivity index (χ2v) is 7.99. The van der Waals surface area contributed by atoms with Crippen LogP contribution in [0.4, 0.5) is 5.82 Å². The maximum absolute atomic E-state index is 12.8. The van der Waals surface area contributed by atoms with Crippen molar-refractivity contribution < 1.29 is 14.1 Å². The number of nitrogens with zero attached hydrogens (tertiary/aromatic N) is 3. The molecule has 1 amide bonds. The highest BCUT2D eigenvalue weighted by Gasteiger charge is 2.21. The number of hydrogen-bond donors (Lipinski definition) is 1. The van der Waals surface area contributed by atoms with Gasteiger partial charge < -0.3 is 14.6 Å². The molecular formula is C23H20Cl2N4O3. The SMILES string of the molecule is Cc1ccccc1OCc1c(C(=O)Nc2ccn(Cc3c(Cl)cccc3Cl)n2)noc1C. The average molecular weight is 471 g/mol. The normalized spacial score (nSPS) is 10.9. The molecule has 7 nitrogen and oxygen atoms in total. The summed E-state index contributed by atoms with van der Waals surface area (Å²) in [5.74, 6) is 1.18. The van der Waals surface area contributed by atoms with Crippen LogP contribution in [-0.2, 0) is 13.2 Å². The van der Waals surface area contributed by atoms with Crippen LogP contribution in [0.5, 0.6) is 5.75 Å². The minimum absolute atomic E-state index is 0.153. The van der Waals surface area contributed by atoms with Gasteiger partial charge in [-0.1, -0.05) is 52.6 Å². The van der Waals surface area contributed by atoms with Crippen LogP contribution < -0.4 is 10.1 Å². The van der Waals surface area contributed by atoms with Crippen LogP contribution in [0.25, 0.3) is 0 Å². The van der Waals surface area contributed by atoms with E-state index < -0.39 is 5.91 Å². The number of benzene rings is 2. The summed E-state index contributed by atoms with van der Waals surface area (Å²) in [7, 11) is 0. The number of ether oxygens (including phenoxy) is 1. The number of rotatable bonds is 7. The molecule has 0 bridgehead atoms. The van der Waals surface area contributed by atoms with Gasteiger partial charge in [-0.15, -0.1) is 0 Å². The molecule has 0 saturated heterocycles. The first kappa shape index (κ1) is 21.9. The first-order valence-corrected chi connectivity index (χ1v) is 10.6. The Kier molecular flexibility index (Phi) is 6.48. The van der Waals surface area contributed by atoms with Gasteiger partial charge in [-0.25, -0.2) is 0 Å². The maximum Gasteiger partial charge on any atom is 0.279 e. The lowest BCUT2D eigenvalue weighted by Gasteiger charge is -2.09. The van der Waals surface area contributed by atoms with Crippen LogP contribution >= 0.6 is 23.2 Å². The van der Waals surface area contributed by atoms with Crippen molar-refractivity contribution in [2.45, 2.75) is 27.0 Å². The molecule has 2 heterocycles. The van der Waals surface area contributed by atoms with Gasteiger partial charge in [0.2, 0.25) is 0 Å². The number of aryl methyl sites for hydroxylation is 2. The van der Waals surface area contributed by atoms with E-state index in [0.717, 1.165) is 16.9 Å². The first-order chi connectivity index (χ1) is 15.4. The summed E-state index contributed by atoms with van der Waals surface area (Å²) in [4.78, 5) is 12.8. The number of carbonyl (C=O) groups excluding carboxylic acids is 1. The molecule has 0 aliphatic carbocycles. The zero-order chi connectivity index (χ0) is 22.7. The van der Waals surface area contributed by atoms with Gasteiger partial charge in [-0.05, 0) is 37.6 Å². The lowest BCUT2D eigenvalue weighted by molar-refractivity contribution is 0.101. The number of hydrogen-bond acceptors (Lipinski definition) is 5. The monoisotopic (exact) mass is 470 g/mol. The molecular weight excluding hydrogens is 451 g/mol. The molecule has 4 aromatic rings. The van der Waals surface area contributed by atoms with Gasteiger partial charge in [0, 0.05) is 27.9 Å². The third kappa shape index (κ3) is 4.79. The van der Waals surface area contributed by atoms with E-state index in [1.165, 1.54) is 0 Å². The zero-order valence-corrected chi connectivity index (χ0v) is 18.9. The molecule has 0 spiro atoms. The van der Waals surface area contributed by atoms with Gasteiger partial charge in [0.25, 0.3) is 5.91 Å². The molecule has 164 valence electrons. The minimum atomic E-state index is -0.439. The minimum Gasteiger partial charge on any atom is -0.488 e. The standard InChI is InChI=1S/C23H20Cl2N4O3/c1-14-6-3-4-9-20(14)31-13-17-15(2)32-28-22(17)23(30)26-21-10-11-29(27-21)12-16-18(24)7-5-8-19(16)25/h3-11H,12-13H2,1-2H3,(H,26,27,30). The predicted molar refractivity (Wildman–Crippen MR) is 122 cm³/mol. The van der Waals surface area contributed by atoms with E-state index in [4.69, 9.17) is 32.5 Å². The molecule has 0 aliphatic rings. The Bertz CT molecular complexity index is 1250. The third-order valence-electron chi connectivity index (χ3n) is 4.93. The Labute approximate surface area is 194 Å². The molecule has 9 heteroatoms. The molecule has 2 aromatic carbocycles. The summed E-state index contributed by atoms with van der Waals surface area (Å²) in [5.41, 5.74) is 2.48. The highest BCUT2D eigenvalue weighted by molar-refractivity contribution is 6.35. The molecule has 0 unspecified atom stereocenters. The Morgan fingerprint density at radius 3 is 2.56 bits per heavy atom. The Balaban J connectivity index is 1.45. The van der Waals surface area contributed by atoms with Crippen molar-refractivity contribution in [3.05, 3.63) is 92.9 Å². The van der Waals surface area contributed by atoms with E-state index >= 15 is 0 Å². The smallest absolute Gasteiger partial charge is 0.279 e. The molecule has 2 aromatic heterocycles. The fraction of sp³-hybridized carbons (Fsp3) is 0.174. The zero-order valence-electron chi connectivity index (χ0n) is 17.4. The molecule has 0 atom stereocenters. The van der Waals surface area contributed by atoms with E-state index in [-0.39, 0.29) is 12.3 Å². The fourth-order valence-electron chi connectivity index (χ4n) is 3.15. The number of carbonyl (C=O) groups is 1. The largest absolute Gasteiger partial charge is 0.488 e. The van der Waals surface area contributed by atoms with Crippen LogP contribution in [0.2, 0.25) is 10.0 Å². The summed E-state index contributed by atoms with van der Waals surface area (Å²) >= 11 is 12.5. The molecule has 0 aliphatic heterocycles. The van der Waals surface area contributed by atoms with Crippen LogP contribution in [0, 0.1) is 13.8 Å². The van der Waals surface area contributed by atoms with E-state index in [9.17, 15) is 4.79 Å². The highest BCUT2D eigenvalue weighted by Crippen LogP contribution is 2.25. The van der Waals surface area contributed by atoms with E-state index in [2.05, 4.69) is 15.6 Å². The van der Waals surface area contributed by atoms with Gasteiger partial charge in [-0.3, -0.25) is 9.48 Å². The number of aromatic nitrogens is 3. The molecule has 1 N–H and O–H groups in total. The molecule has 0 radical (unpaired) electrons. The first-order valence-electron chi connectivity index (χ1n) is 9.83. The lowest BCUT2D eigenvalue weighted by Crippen LogP contribution is -2.16. The second-order valence-electron chi connectivity index (χ2n) is 7.17. The number of halogens is 2. The number of anilines is 1. The van der Waals surface area contributed by atoms with Crippen LogP contribution in [-0.4, -0.2) is 20.8 Å². The van der Waals surface area contributed by atoms with Gasteiger partial charge in [0.15, 0.2) is 11.5 Å². The number of para-hydroxylation sites is 1. The fourth-order valence-corrected chi connectivity index (χ4v) is 3.66. The van der Waals surface area contributed by atoms with E-state index in [0.29, 0.717) is 33.7 Å². The Hall–Kier alpha value is -3.29. The summed E-state index contributed by atoms with van der Waals surface area (Å²) in [6.45, 7) is 4.22. The lowest BCUT2D eigenvalue weighted by atomic mass is 10.2. The van der Waals surface area contributed by atoms with Crippen molar-refractivity contribution in [2.75, 3.05) is 5.32 Å². The average Bonchev–Trinajstić information content (AvgIpc) is 3.36. The van der Waals surface area contributed by atoms with Gasteiger partial charge in [0.05, 0.1) is 12.1 Å². The summed E-state index contributed by atoms with van der Waals surface area (Å²) < 4.78 is 12.7. The predicted octanol–water partition coefficient (Wildman–Crippen LogP) is 5.67.